The van der Waals surface area contributed by atoms with Gasteiger partial charge in [0.2, 0.25) is 0 Å². The van der Waals surface area contributed by atoms with Crippen molar-refractivity contribution in [2.45, 2.75) is 39.0 Å². The maximum Gasteiger partial charge on any atom is 0.254 e. The van der Waals surface area contributed by atoms with E-state index in [0.717, 1.165) is 36.3 Å². The van der Waals surface area contributed by atoms with Crippen molar-refractivity contribution in [3.05, 3.63) is 62.8 Å². The van der Waals surface area contributed by atoms with E-state index < -0.39 is 0 Å². The maximum atomic E-state index is 12.0. The lowest BCUT2D eigenvalue weighted by Crippen LogP contribution is -2.19. The minimum Gasteiger partial charge on any atom is -0.310 e. The van der Waals surface area contributed by atoms with Crippen LogP contribution in [0, 0.1) is 6.92 Å². The summed E-state index contributed by atoms with van der Waals surface area (Å²) in [4.78, 5) is 19.6. The van der Waals surface area contributed by atoms with E-state index in [4.69, 9.17) is 0 Å². The molecule has 0 aliphatic heterocycles. The third-order valence-corrected chi connectivity index (χ3v) is 4.07. The zero-order valence-electron chi connectivity index (χ0n) is 11.4. The number of hydrogen-bond acceptors (Lipinski definition) is 2. The number of nitrogens with zero attached hydrogens (tertiary/aromatic N) is 1. The highest BCUT2D eigenvalue weighted by Gasteiger charge is 2.26. The van der Waals surface area contributed by atoms with E-state index in [-0.39, 0.29) is 11.5 Å². The van der Waals surface area contributed by atoms with Crippen LogP contribution in [0.5, 0.6) is 0 Å². The average molecular weight is 254 g/mol. The smallest absolute Gasteiger partial charge is 0.254 e. The summed E-state index contributed by atoms with van der Waals surface area (Å²) >= 11 is 0. The Bertz CT molecular complexity index is 673. The maximum absolute atomic E-state index is 12.0. The molecule has 1 aromatic heterocycles. The van der Waals surface area contributed by atoms with Gasteiger partial charge in [0.25, 0.3) is 5.56 Å². The fourth-order valence-corrected chi connectivity index (χ4v) is 2.95. The third kappa shape index (κ3) is 1.99. The summed E-state index contributed by atoms with van der Waals surface area (Å²) in [5, 5.41) is 0. The molecule has 3 heteroatoms. The summed E-state index contributed by atoms with van der Waals surface area (Å²) in [7, 11) is 0. The van der Waals surface area contributed by atoms with Gasteiger partial charge < -0.3 is 4.98 Å². The molecule has 1 aliphatic carbocycles. The topological polar surface area (TPSA) is 45.8 Å². The first-order valence-corrected chi connectivity index (χ1v) is 6.88. The Morgan fingerprint density at radius 2 is 2.16 bits per heavy atom. The van der Waals surface area contributed by atoms with Crippen molar-refractivity contribution in [1.29, 1.82) is 0 Å². The van der Waals surface area contributed by atoms with Gasteiger partial charge in [-0.1, -0.05) is 31.2 Å². The van der Waals surface area contributed by atoms with Crippen LogP contribution in [0.15, 0.2) is 29.1 Å². The minimum absolute atomic E-state index is 0.00577. The van der Waals surface area contributed by atoms with E-state index in [9.17, 15) is 4.79 Å². The first kappa shape index (κ1) is 12.2. The zero-order valence-corrected chi connectivity index (χ0v) is 11.4. The van der Waals surface area contributed by atoms with Crippen molar-refractivity contribution >= 4 is 0 Å². The Kier molecular flexibility index (Phi) is 2.97. The zero-order chi connectivity index (χ0) is 13.4. The molecule has 98 valence electrons. The van der Waals surface area contributed by atoms with Crippen molar-refractivity contribution in [2.75, 3.05) is 0 Å². The van der Waals surface area contributed by atoms with Crippen LogP contribution in [0.1, 0.15) is 47.5 Å². The van der Waals surface area contributed by atoms with Crippen LogP contribution in [0.4, 0.5) is 0 Å². The Hall–Kier alpha value is -1.90. The number of fused-ring (bicyclic) bond motifs is 1. The quantitative estimate of drug-likeness (QED) is 0.895. The van der Waals surface area contributed by atoms with Gasteiger partial charge in [-0.05, 0) is 37.3 Å². The molecule has 0 fully saturated rings. The summed E-state index contributed by atoms with van der Waals surface area (Å²) in [6, 6.07) is 8.45. The molecular formula is C16H18N2O. The number of benzene rings is 1. The van der Waals surface area contributed by atoms with Crippen LogP contribution >= 0.6 is 0 Å². The van der Waals surface area contributed by atoms with E-state index in [1.807, 2.05) is 13.8 Å². The lowest BCUT2D eigenvalue weighted by Gasteiger charge is -2.13. The molecule has 3 nitrogen and oxygen atoms in total. The molecule has 0 saturated heterocycles. The predicted octanol–water partition coefficient (Wildman–Crippen LogP) is 2.72. The van der Waals surface area contributed by atoms with E-state index in [2.05, 4.69) is 34.2 Å². The molecule has 1 heterocycles. The van der Waals surface area contributed by atoms with E-state index >= 15 is 0 Å². The first-order chi connectivity index (χ1) is 9.20. The molecule has 0 saturated carbocycles. The molecule has 3 rings (SSSR count). The summed E-state index contributed by atoms with van der Waals surface area (Å²) in [6.45, 7) is 3.89. The highest BCUT2D eigenvalue weighted by molar-refractivity contribution is 5.39. The second-order valence-electron chi connectivity index (χ2n) is 5.17. The summed E-state index contributed by atoms with van der Waals surface area (Å²) in [5.74, 6) is 1.08. The van der Waals surface area contributed by atoms with Gasteiger partial charge in [0.15, 0.2) is 0 Å². The van der Waals surface area contributed by atoms with Gasteiger partial charge in [-0.3, -0.25) is 4.79 Å². The Balaban J connectivity index is 2.10. The van der Waals surface area contributed by atoms with Crippen LogP contribution in [0.25, 0.3) is 0 Å². The van der Waals surface area contributed by atoms with Gasteiger partial charge in [0.1, 0.15) is 5.82 Å². The number of rotatable bonds is 2. The van der Waals surface area contributed by atoms with Crippen molar-refractivity contribution in [1.82, 2.24) is 9.97 Å². The summed E-state index contributed by atoms with van der Waals surface area (Å²) < 4.78 is 0. The molecule has 0 amide bonds. The molecule has 0 radical (unpaired) electrons. The molecule has 1 aliphatic rings. The molecule has 2 aromatic rings. The second kappa shape index (κ2) is 4.65. The monoisotopic (exact) mass is 254 g/mol. The molecule has 1 unspecified atom stereocenters. The first-order valence-electron chi connectivity index (χ1n) is 6.88. The largest absolute Gasteiger partial charge is 0.310 e. The second-order valence-corrected chi connectivity index (χ2v) is 5.17. The number of aromatic nitrogens is 2. The molecule has 1 aromatic carbocycles. The Labute approximate surface area is 112 Å². The minimum atomic E-state index is 0.00577. The molecule has 0 bridgehead atoms. The fraction of sp³-hybridized carbons (Fsp3) is 0.375. The molecule has 1 atom stereocenters. The summed E-state index contributed by atoms with van der Waals surface area (Å²) in [6.07, 6.45) is 2.91. The number of nitrogens with one attached hydrogen (secondary N) is 1. The number of H-pyrrole nitrogens is 1. The summed E-state index contributed by atoms with van der Waals surface area (Å²) in [5.41, 5.74) is 4.37. The fourth-order valence-electron chi connectivity index (χ4n) is 2.95. The van der Waals surface area contributed by atoms with Crippen LogP contribution in [-0.4, -0.2) is 9.97 Å². The number of aromatic amines is 1. The van der Waals surface area contributed by atoms with Crippen molar-refractivity contribution in [3.8, 4) is 0 Å². The molecular weight excluding hydrogens is 236 g/mol. The van der Waals surface area contributed by atoms with E-state index in [1.165, 1.54) is 11.1 Å². The van der Waals surface area contributed by atoms with E-state index in [1.54, 1.807) is 0 Å². The molecule has 1 N–H and O–H groups in total. The average Bonchev–Trinajstić information content (AvgIpc) is 2.85. The molecule has 0 spiro atoms. The standard InChI is InChI=1S/C16H18N2O/c1-3-14-10(2)16(19)18-15(17-14)13-9-8-11-6-4-5-7-12(11)13/h4-7,13H,3,8-9H2,1-2H3,(H,17,18,19). The van der Waals surface area contributed by atoms with Crippen molar-refractivity contribution in [2.24, 2.45) is 0 Å². The van der Waals surface area contributed by atoms with Gasteiger partial charge >= 0.3 is 0 Å². The van der Waals surface area contributed by atoms with Gasteiger partial charge in [-0.15, -0.1) is 0 Å². The lowest BCUT2D eigenvalue weighted by atomic mass is 10.00. The van der Waals surface area contributed by atoms with Crippen molar-refractivity contribution < 1.29 is 0 Å². The Morgan fingerprint density at radius 3 is 2.95 bits per heavy atom. The highest BCUT2D eigenvalue weighted by Crippen LogP contribution is 2.36. The Morgan fingerprint density at radius 1 is 1.37 bits per heavy atom. The van der Waals surface area contributed by atoms with Gasteiger partial charge in [0, 0.05) is 11.5 Å². The van der Waals surface area contributed by atoms with Gasteiger partial charge in [-0.2, -0.15) is 0 Å². The van der Waals surface area contributed by atoms with Crippen LogP contribution in [-0.2, 0) is 12.8 Å². The number of aryl methyl sites for hydroxylation is 2. The van der Waals surface area contributed by atoms with Crippen LogP contribution in [0.3, 0.4) is 0 Å². The normalized spacial score (nSPS) is 17.5. The van der Waals surface area contributed by atoms with E-state index in [0.29, 0.717) is 0 Å². The van der Waals surface area contributed by atoms with Crippen molar-refractivity contribution in [3.63, 3.8) is 0 Å². The number of hydrogen-bond donors (Lipinski definition) is 1. The van der Waals surface area contributed by atoms with Gasteiger partial charge in [-0.25, -0.2) is 4.98 Å². The van der Waals surface area contributed by atoms with Gasteiger partial charge in [0.05, 0.1) is 5.69 Å². The highest BCUT2D eigenvalue weighted by atomic mass is 16.1. The lowest BCUT2D eigenvalue weighted by molar-refractivity contribution is 0.709. The van der Waals surface area contributed by atoms with Crippen LogP contribution in [0.2, 0.25) is 0 Å². The molecule has 19 heavy (non-hydrogen) atoms. The SMILES string of the molecule is CCc1nc(C2CCc3ccccc32)[nH]c(=O)c1C. The third-order valence-electron chi connectivity index (χ3n) is 4.07. The van der Waals surface area contributed by atoms with Crippen LogP contribution < -0.4 is 5.56 Å². The predicted molar refractivity (Wildman–Crippen MR) is 75.6 cm³/mol.